The quantitative estimate of drug-likeness (QED) is 0.506. The van der Waals surface area contributed by atoms with E-state index in [-0.39, 0.29) is 29.4 Å². The third-order valence-corrected chi connectivity index (χ3v) is 4.27. The van der Waals surface area contributed by atoms with Gasteiger partial charge in [0, 0.05) is 30.6 Å². The molecular weight excluding hydrogens is 348 g/mol. The lowest BCUT2D eigenvalue weighted by Crippen LogP contribution is -2.34. The largest absolute Gasteiger partial charge is 0.507 e. The van der Waals surface area contributed by atoms with Crippen molar-refractivity contribution in [2.45, 2.75) is 0 Å². The zero-order valence-corrected chi connectivity index (χ0v) is 15.3. The van der Waals surface area contributed by atoms with Crippen molar-refractivity contribution < 1.29 is 23.8 Å². The molecule has 0 saturated heterocycles. The van der Waals surface area contributed by atoms with Crippen LogP contribution in [-0.2, 0) is 0 Å². The standard InChI is InChI=1S/C20H20N2O5/c1-22(2)11-14(18(24)12-5-4-7-21-10-12)19(25)17-15(23)9-16-13(6-8-27-16)20(17)26-3/h4-10,14,23H,11H2,1-3H3. The molecule has 0 aliphatic carbocycles. The number of carbonyl (C=O) groups excluding carboxylic acids is 2. The minimum absolute atomic E-state index is 0.0320. The third-order valence-electron chi connectivity index (χ3n) is 4.27. The number of ether oxygens (including phenoxy) is 1. The van der Waals surface area contributed by atoms with E-state index in [4.69, 9.17) is 9.15 Å². The van der Waals surface area contributed by atoms with E-state index in [1.807, 2.05) is 0 Å². The van der Waals surface area contributed by atoms with Crippen molar-refractivity contribution in [3.8, 4) is 11.5 Å². The SMILES string of the molecule is COc1c(C(=O)C(CN(C)C)C(=O)c2cccnc2)c(O)cc2occc12. The van der Waals surface area contributed by atoms with Gasteiger partial charge in [0.15, 0.2) is 11.6 Å². The van der Waals surface area contributed by atoms with Gasteiger partial charge in [0.2, 0.25) is 0 Å². The smallest absolute Gasteiger partial charge is 0.182 e. The van der Waals surface area contributed by atoms with Crippen LogP contribution in [0.5, 0.6) is 11.5 Å². The van der Waals surface area contributed by atoms with Crippen LogP contribution >= 0.6 is 0 Å². The first kappa shape index (κ1) is 18.6. The highest BCUT2D eigenvalue weighted by atomic mass is 16.5. The molecule has 1 aromatic carbocycles. The first-order valence-electron chi connectivity index (χ1n) is 8.34. The molecule has 1 unspecified atom stereocenters. The Morgan fingerprint density at radius 1 is 1.30 bits per heavy atom. The fourth-order valence-electron chi connectivity index (χ4n) is 3.05. The van der Waals surface area contributed by atoms with E-state index in [0.29, 0.717) is 16.5 Å². The van der Waals surface area contributed by atoms with E-state index in [1.165, 1.54) is 25.6 Å². The maximum absolute atomic E-state index is 13.3. The summed E-state index contributed by atoms with van der Waals surface area (Å²) in [6.07, 6.45) is 4.43. The summed E-state index contributed by atoms with van der Waals surface area (Å²) in [5, 5.41) is 11.0. The number of pyridine rings is 1. The second kappa shape index (κ2) is 7.59. The number of carbonyl (C=O) groups is 2. The van der Waals surface area contributed by atoms with Gasteiger partial charge < -0.3 is 19.2 Å². The number of hydrogen-bond acceptors (Lipinski definition) is 7. The average molecular weight is 368 g/mol. The van der Waals surface area contributed by atoms with Gasteiger partial charge in [-0.25, -0.2) is 0 Å². The Bertz CT molecular complexity index is 979. The van der Waals surface area contributed by atoms with E-state index < -0.39 is 11.7 Å². The Morgan fingerprint density at radius 3 is 2.70 bits per heavy atom. The van der Waals surface area contributed by atoms with Crippen LogP contribution in [0.2, 0.25) is 0 Å². The van der Waals surface area contributed by atoms with Crippen LogP contribution in [0.4, 0.5) is 0 Å². The molecule has 1 atom stereocenters. The molecule has 0 bridgehead atoms. The highest BCUT2D eigenvalue weighted by Gasteiger charge is 2.34. The summed E-state index contributed by atoms with van der Waals surface area (Å²) < 4.78 is 10.7. The zero-order valence-electron chi connectivity index (χ0n) is 15.3. The van der Waals surface area contributed by atoms with Crippen LogP contribution < -0.4 is 4.74 Å². The Kier molecular flexibility index (Phi) is 5.23. The van der Waals surface area contributed by atoms with Crippen molar-refractivity contribution in [2.75, 3.05) is 27.7 Å². The van der Waals surface area contributed by atoms with Crippen molar-refractivity contribution in [3.05, 3.63) is 54.0 Å². The fraction of sp³-hybridized carbons (Fsp3) is 0.250. The molecule has 2 aromatic heterocycles. The molecular formula is C20H20N2O5. The number of furan rings is 1. The minimum atomic E-state index is -1.02. The molecule has 27 heavy (non-hydrogen) atoms. The minimum Gasteiger partial charge on any atom is -0.507 e. The predicted molar refractivity (Wildman–Crippen MR) is 99.4 cm³/mol. The van der Waals surface area contributed by atoms with Crippen molar-refractivity contribution in [1.29, 1.82) is 0 Å². The van der Waals surface area contributed by atoms with Crippen LogP contribution in [0.25, 0.3) is 11.0 Å². The van der Waals surface area contributed by atoms with Gasteiger partial charge in [-0.3, -0.25) is 14.6 Å². The van der Waals surface area contributed by atoms with E-state index >= 15 is 0 Å². The molecule has 1 N–H and O–H groups in total. The summed E-state index contributed by atoms with van der Waals surface area (Å²) in [5.41, 5.74) is 0.694. The number of rotatable bonds is 7. The third kappa shape index (κ3) is 3.54. The van der Waals surface area contributed by atoms with Gasteiger partial charge >= 0.3 is 0 Å². The van der Waals surface area contributed by atoms with Gasteiger partial charge in [0.25, 0.3) is 0 Å². The van der Waals surface area contributed by atoms with E-state index in [1.54, 1.807) is 43.4 Å². The second-order valence-corrected chi connectivity index (χ2v) is 6.42. The Morgan fingerprint density at radius 2 is 2.07 bits per heavy atom. The topological polar surface area (TPSA) is 92.9 Å². The number of aromatic hydroxyl groups is 1. The van der Waals surface area contributed by atoms with Crippen molar-refractivity contribution in [1.82, 2.24) is 9.88 Å². The molecule has 2 heterocycles. The van der Waals surface area contributed by atoms with E-state index in [9.17, 15) is 14.7 Å². The molecule has 0 spiro atoms. The van der Waals surface area contributed by atoms with Crippen molar-refractivity contribution in [3.63, 3.8) is 0 Å². The van der Waals surface area contributed by atoms with Crippen LogP contribution in [0, 0.1) is 5.92 Å². The van der Waals surface area contributed by atoms with Crippen molar-refractivity contribution in [2.24, 2.45) is 5.92 Å². The number of benzene rings is 1. The zero-order chi connectivity index (χ0) is 19.6. The number of methoxy groups -OCH3 is 1. The van der Waals surface area contributed by atoms with E-state index in [0.717, 1.165) is 0 Å². The number of nitrogens with zero attached hydrogens (tertiary/aromatic N) is 2. The number of hydrogen-bond donors (Lipinski definition) is 1. The number of Topliss-reactive ketones (excluding diaryl/α,β-unsaturated/α-hetero) is 2. The molecule has 3 rings (SSSR count). The Balaban J connectivity index is 2.11. The van der Waals surface area contributed by atoms with Crippen LogP contribution in [0.3, 0.4) is 0 Å². The molecule has 0 fully saturated rings. The summed E-state index contributed by atoms with van der Waals surface area (Å²) in [4.78, 5) is 32.0. The first-order chi connectivity index (χ1) is 12.9. The highest BCUT2D eigenvalue weighted by Crippen LogP contribution is 2.38. The summed E-state index contributed by atoms with van der Waals surface area (Å²) in [7, 11) is 4.95. The molecule has 140 valence electrons. The van der Waals surface area contributed by atoms with Crippen molar-refractivity contribution >= 4 is 22.5 Å². The predicted octanol–water partition coefficient (Wildman–Crippen LogP) is 2.79. The van der Waals surface area contributed by atoms with Crippen LogP contribution in [0.1, 0.15) is 20.7 Å². The Labute approximate surface area is 156 Å². The van der Waals surface area contributed by atoms with Gasteiger partial charge in [-0.2, -0.15) is 0 Å². The highest BCUT2D eigenvalue weighted by molar-refractivity contribution is 6.19. The van der Waals surface area contributed by atoms with Gasteiger partial charge in [-0.15, -0.1) is 0 Å². The Hall–Kier alpha value is -3.19. The van der Waals surface area contributed by atoms with Gasteiger partial charge in [-0.05, 0) is 32.3 Å². The van der Waals surface area contributed by atoms with Crippen LogP contribution in [0.15, 0.2) is 47.3 Å². The maximum atomic E-state index is 13.3. The molecule has 7 heteroatoms. The lowest BCUT2D eigenvalue weighted by molar-refractivity contribution is 0.0778. The van der Waals surface area contributed by atoms with Gasteiger partial charge in [0.1, 0.15) is 22.6 Å². The molecule has 0 amide bonds. The first-order valence-corrected chi connectivity index (χ1v) is 8.34. The number of phenols is 1. The lowest BCUT2D eigenvalue weighted by atomic mass is 9.88. The van der Waals surface area contributed by atoms with Gasteiger partial charge in [0.05, 0.1) is 24.7 Å². The lowest BCUT2D eigenvalue weighted by Gasteiger charge is -2.20. The molecule has 0 saturated carbocycles. The van der Waals surface area contributed by atoms with E-state index in [2.05, 4.69) is 4.98 Å². The monoisotopic (exact) mass is 368 g/mol. The summed E-state index contributed by atoms with van der Waals surface area (Å²) in [5.74, 6) is -2.01. The molecule has 0 radical (unpaired) electrons. The molecule has 0 aliphatic heterocycles. The van der Waals surface area contributed by atoms with Gasteiger partial charge in [-0.1, -0.05) is 0 Å². The second-order valence-electron chi connectivity index (χ2n) is 6.42. The summed E-state index contributed by atoms with van der Waals surface area (Å²) >= 11 is 0. The number of phenolic OH excluding ortho intramolecular Hbond substituents is 1. The number of fused-ring (bicyclic) bond motifs is 1. The summed E-state index contributed by atoms with van der Waals surface area (Å²) in [6.45, 7) is 0.179. The number of ketones is 2. The van der Waals surface area contributed by atoms with Crippen LogP contribution in [-0.4, -0.2) is 54.3 Å². The molecule has 7 nitrogen and oxygen atoms in total. The molecule has 3 aromatic rings. The maximum Gasteiger partial charge on any atom is 0.182 e. The normalized spacial score (nSPS) is 12.3. The fourth-order valence-corrected chi connectivity index (χ4v) is 3.05. The molecule has 0 aliphatic rings. The summed E-state index contributed by atoms with van der Waals surface area (Å²) in [6, 6.07) is 6.25. The average Bonchev–Trinajstić information content (AvgIpc) is 3.12. The number of aromatic nitrogens is 1.